The Morgan fingerprint density at radius 2 is 2.43 bits per heavy atom. The monoisotopic (exact) mass is 197 g/mol. The number of rotatable bonds is 4. The van der Waals surface area contributed by atoms with Crippen molar-refractivity contribution < 1.29 is 4.79 Å². The molecule has 0 saturated heterocycles. The zero-order valence-corrected chi connectivity index (χ0v) is 8.37. The molecule has 1 rings (SSSR count). The van der Waals surface area contributed by atoms with Crippen molar-refractivity contribution in [1.29, 1.82) is 0 Å². The largest absolute Gasteiger partial charge is 0.366 e. The Morgan fingerprint density at radius 1 is 1.71 bits per heavy atom. The van der Waals surface area contributed by atoms with Crippen molar-refractivity contribution in [3.05, 3.63) is 5.82 Å². The summed E-state index contributed by atoms with van der Waals surface area (Å²) in [6.07, 6.45) is 1.03. The van der Waals surface area contributed by atoms with Crippen molar-refractivity contribution >= 4 is 11.9 Å². The summed E-state index contributed by atoms with van der Waals surface area (Å²) in [5, 5.41) is 8.75. The summed E-state index contributed by atoms with van der Waals surface area (Å²) in [5.74, 6) is 0.429. The number of anilines is 1. The van der Waals surface area contributed by atoms with E-state index in [2.05, 4.69) is 34.3 Å². The molecule has 0 radical (unpaired) electrons. The van der Waals surface area contributed by atoms with Gasteiger partial charge >= 0.3 is 0 Å². The van der Waals surface area contributed by atoms with Gasteiger partial charge in [-0.2, -0.15) is 4.98 Å². The molecule has 0 aliphatic heterocycles. The Balaban J connectivity index is 2.43. The normalized spacial score (nSPS) is 12.4. The molecule has 0 spiro atoms. The zero-order chi connectivity index (χ0) is 10.6. The smallest absolute Gasteiger partial charge is 0.288 e. The van der Waals surface area contributed by atoms with Crippen molar-refractivity contribution in [2.24, 2.45) is 5.92 Å². The van der Waals surface area contributed by atoms with E-state index in [1.807, 2.05) is 0 Å². The number of hydrogen-bond donors (Lipinski definition) is 3. The molecule has 1 atom stereocenters. The number of nitrogens with two attached hydrogens (primary N) is 1. The van der Waals surface area contributed by atoms with Gasteiger partial charge in [-0.05, 0) is 5.92 Å². The van der Waals surface area contributed by atoms with E-state index < -0.39 is 0 Å². The van der Waals surface area contributed by atoms with E-state index in [1.165, 1.54) is 0 Å². The molecule has 1 heterocycles. The van der Waals surface area contributed by atoms with Crippen LogP contribution >= 0.6 is 0 Å². The number of H-pyrrole nitrogens is 1. The van der Waals surface area contributed by atoms with Crippen molar-refractivity contribution in [2.75, 3.05) is 12.3 Å². The summed E-state index contributed by atoms with van der Waals surface area (Å²) in [4.78, 5) is 15.1. The lowest BCUT2D eigenvalue weighted by Gasteiger charge is -2.08. The third-order valence-electron chi connectivity index (χ3n) is 2.03. The van der Waals surface area contributed by atoms with Crippen LogP contribution in [0.3, 0.4) is 0 Å². The van der Waals surface area contributed by atoms with Gasteiger partial charge in [-0.3, -0.25) is 9.89 Å². The highest BCUT2D eigenvalue weighted by Gasteiger charge is 2.10. The molecule has 6 heteroatoms. The van der Waals surface area contributed by atoms with Crippen LogP contribution in [0.15, 0.2) is 0 Å². The molecule has 0 aliphatic rings. The highest BCUT2D eigenvalue weighted by molar-refractivity contribution is 5.90. The third-order valence-corrected chi connectivity index (χ3v) is 2.03. The first-order chi connectivity index (χ1) is 6.63. The van der Waals surface area contributed by atoms with Gasteiger partial charge in [0.1, 0.15) is 0 Å². The minimum absolute atomic E-state index is 0.0821. The minimum Gasteiger partial charge on any atom is -0.366 e. The molecule has 6 nitrogen and oxygen atoms in total. The predicted molar refractivity (Wildman–Crippen MR) is 52.6 cm³/mol. The molecule has 0 bridgehead atoms. The van der Waals surface area contributed by atoms with Crippen molar-refractivity contribution in [3.63, 3.8) is 0 Å². The summed E-state index contributed by atoms with van der Waals surface area (Å²) in [6.45, 7) is 4.77. The van der Waals surface area contributed by atoms with Gasteiger partial charge in [0.15, 0.2) is 0 Å². The van der Waals surface area contributed by atoms with E-state index in [-0.39, 0.29) is 17.7 Å². The van der Waals surface area contributed by atoms with Crippen LogP contribution in [0, 0.1) is 5.92 Å². The molecular formula is C8H15N5O. The summed E-state index contributed by atoms with van der Waals surface area (Å²) in [7, 11) is 0. The lowest BCUT2D eigenvalue weighted by atomic mass is 10.1. The standard InChI is InChI=1S/C8H15N5O/c1-3-5(2)4-10-7(14)6-11-8(9)13-12-6/h5H,3-4H2,1-2H3,(H,10,14)(H3,9,11,12,13). The highest BCUT2D eigenvalue weighted by Crippen LogP contribution is 1.98. The van der Waals surface area contributed by atoms with E-state index >= 15 is 0 Å². The fourth-order valence-corrected chi connectivity index (χ4v) is 0.871. The molecule has 4 N–H and O–H groups in total. The number of nitrogen functional groups attached to an aromatic ring is 1. The fourth-order valence-electron chi connectivity index (χ4n) is 0.871. The molecule has 1 unspecified atom stereocenters. The number of aromatic nitrogens is 3. The molecule has 14 heavy (non-hydrogen) atoms. The number of hydrogen-bond acceptors (Lipinski definition) is 4. The van der Waals surface area contributed by atoms with Crippen LogP contribution in [0.2, 0.25) is 0 Å². The fraction of sp³-hybridized carbons (Fsp3) is 0.625. The molecule has 1 aromatic heterocycles. The first-order valence-corrected chi connectivity index (χ1v) is 4.59. The van der Waals surface area contributed by atoms with Gasteiger partial charge in [0.05, 0.1) is 0 Å². The average Bonchev–Trinajstić information content (AvgIpc) is 2.60. The van der Waals surface area contributed by atoms with Crippen LogP contribution in [-0.4, -0.2) is 27.6 Å². The lowest BCUT2D eigenvalue weighted by molar-refractivity contribution is 0.0938. The molecule has 1 amide bonds. The van der Waals surface area contributed by atoms with Gasteiger partial charge in [0.25, 0.3) is 5.91 Å². The Morgan fingerprint density at radius 3 is 2.93 bits per heavy atom. The van der Waals surface area contributed by atoms with Gasteiger partial charge in [0, 0.05) is 6.54 Å². The molecule has 0 saturated carbocycles. The van der Waals surface area contributed by atoms with Crippen LogP contribution in [0.5, 0.6) is 0 Å². The van der Waals surface area contributed by atoms with Crippen molar-refractivity contribution in [2.45, 2.75) is 20.3 Å². The second-order valence-electron chi connectivity index (χ2n) is 3.27. The molecule has 0 fully saturated rings. The molecule has 78 valence electrons. The van der Waals surface area contributed by atoms with Gasteiger partial charge < -0.3 is 11.1 Å². The molecule has 0 aliphatic carbocycles. The maximum Gasteiger partial charge on any atom is 0.288 e. The SMILES string of the molecule is CCC(C)CNC(=O)c1nc(N)n[nH]1. The summed E-state index contributed by atoms with van der Waals surface area (Å²) < 4.78 is 0. The number of aromatic amines is 1. The second kappa shape index (κ2) is 4.59. The summed E-state index contributed by atoms with van der Waals surface area (Å²) in [5.41, 5.74) is 5.27. The Hall–Kier alpha value is -1.59. The highest BCUT2D eigenvalue weighted by atomic mass is 16.2. The number of amides is 1. The number of nitrogens with zero attached hydrogens (tertiary/aromatic N) is 2. The van der Waals surface area contributed by atoms with Gasteiger partial charge in [-0.1, -0.05) is 20.3 Å². The van der Waals surface area contributed by atoms with Crippen molar-refractivity contribution in [3.8, 4) is 0 Å². The lowest BCUT2D eigenvalue weighted by Crippen LogP contribution is -2.28. The molecule has 1 aromatic rings. The van der Waals surface area contributed by atoms with Crippen LogP contribution < -0.4 is 11.1 Å². The number of carbonyl (C=O) groups is 1. The van der Waals surface area contributed by atoms with E-state index in [9.17, 15) is 4.79 Å². The Kier molecular flexibility index (Phi) is 3.44. The Bertz CT molecular complexity index is 308. The van der Waals surface area contributed by atoms with Crippen LogP contribution in [0.25, 0.3) is 0 Å². The first-order valence-electron chi connectivity index (χ1n) is 4.59. The van der Waals surface area contributed by atoms with Gasteiger partial charge in [0.2, 0.25) is 11.8 Å². The maximum atomic E-state index is 11.4. The van der Waals surface area contributed by atoms with Crippen LogP contribution in [-0.2, 0) is 0 Å². The van der Waals surface area contributed by atoms with Crippen LogP contribution in [0.1, 0.15) is 30.9 Å². The van der Waals surface area contributed by atoms with E-state index in [1.54, 1.807) is 0 Å². The zero-order valence-electron chi connectivity index (χ0n) is 8.37. The van der Waals surface area contributed by atoms with E-state index in [4.69, 9.17) is 5.73 Å². The van der Waals surface area contributed by atoms with Crippen molar-refractivity contribution in [1.82, 2.24) is 20.5 Å². The number of nitrogens with one attached hydrogen (secondary N) is 2. The second-order valence-corrected chi connectivity index (χ2v) is 3.27. The third kappa shape index (κ3) is 2.72. The molecular weight excluding hydrogens is 182 g/mol. The summed E-state index contributed by atoms with van der Waals surface area (Å²) >= 11 is 0. The summed E-state index contributed by atoms with van der Waals surface area (Å²) in [6, 6.07) is 0. The van der Waals surface area contributed by atoms with Crippen LogP contribution in [0.4, 0.5) is 5.95 Å². The van der Waals surface area contributed by atoms with Gasteiger partial charge in [-0.15, -0.1) is 5.10 Å². The van der Waals surface area contributed by atoms with Gasteiger partial charge in [-0.25, -0.2) is 0 Å². The average molecular weight is 197 g/mol. The van der Waals surface area contributed by atoms with E-state index in [0.29, 0.717) is 12.5 Å². The topological polar surface area (TPSA) is 96.7 Å². The first kappa shape index (κ1) is 10.5. The minimum atomic E-state index is -0.269. The van der Waals surface area contributed by atoms with E-state index in [0.717, 1.165) is 6.42 Å². The quantitative estimate of drug-likeness (QED) is 0.640. The maximum absolute atomic E-state index is 11.4. The Labute approximate surface area is 82.3 Å². The molecule has 0 aromatic carbocycles. The predicted octanol–water partition coefficient (Wildman–Crippen LogP) is 0.163. The number of carbonyl (C=O) groups excluding carboxylic acids is 1.